The number of fused-ring (bicyclic) bond motifs is 1. The van der Waals surface area contributed by atoms with E-state index in [0.29, 0.717) is 32.3 Å². The maximum Gasteiger partial charge on any atom is 0.410 e. The largest absolute Gasteiger partial charge is 0.464 e. The van der Waals surface area contributed by atoms with Gasteiger partial charge in [0, 0.05) is 19.0 Å². The van der Waals surface area contributed by atoms with Crippen molar-refractivity contribution < 1.29 is 14.3 Å². The standard InChI is InChI=1S/C25H31N3O3/c1-18-9-11-19(12-10-18)16-28-22-8-6-5-7-21(22)26-23(28)30-17-20-13-14-27(15-20)24(29)31-25(2,3)4/h5-12,20H,13-17H2,1-4H3/t20-/m1/s1. The Morgan fingerprint density at radius 2 is 1.87 bits per heavy atom. The zero-order valence-corrected chi connectivity index (χ0v) is 18.8. The molecule has 2 heterocycles. The SMILES string of the molecule is Cc1ccc(Cn2c(OC[C@@H]3CCN(C(=O)OC(C)(C)C)C3)nc3ccccc32)cc1. The number of nitrogens with zero attached hydrogens (tertiary/aromatic N) is 3. The highest BCUT2D eigenvalue weighted by Crippen LogP contribution is 2.25. The summed E-state index contributed by atoms with van der Waals surface area (Å²) in [6, 6.07) is 17.2. The van der Waals surface area contributed by atoms with E-state index in [1.54, 1.807) is 4.90 Å². The summed E-state index contributed by atoms with van der Waals surface area (Å²) in [4.78, 5) is 18.8. The van der Waals surface area contributed by atoms with Gasteiger partial charge in [0.2, 0.25) is 0 Å². The number of carbonyl (C=O) groups is 1. The van der Waals surface area contributed by atoms with Crippen molar-refractivity contribution in [2.75, 3.05) is 19.7 Å². The first-order valence-corrected chi connectivity index (χ1v) is 10.9. The van der Waals surface area contributed by atoms with Gasteiger partial charge < -0.3 is 14.4 Å². The van der Waals surface area contributed by atoms with Gasteiger partial charge in [-0.15, -0.1) is 0 Å². The number of imidazole rings is 1. The average Bonchev–Trinajstić information content (AvgIpc) is 3.32. The van der Waals surface area contributed by atoms with Crippen molar-refractivity contribution in [3.8, 4) is 6.01 Å². The molecule has 1 aromatic heterocycles. The van der Waals surface area contributed by atoms with E-state index in [1.807, 2.05) is 39.0 Å². The minimum atomic E-state index is -0.480. The number of hydrogen-bond acceptors (Lipinski definition) is 4. The van der Waals surface area contributed by atoms with Crippen LogP contribution >= 0.6 is 0 Å². The fourth-order valence-electron chi connectivity index (χ4n) is 3.85. The number of aromatic nitrogens is 2. The number of rotatable bonds is 5. The number of carbonyl (C=O) groups excluding carboxylic acids is 1. The lowest BCUT2D eigenvalue weighted by Crippen LogP contribution is -2.35. The third-order valence-electron chi connectivity index (χ3n) is 5.47. The minimum Gasteiger partial charge on any atom is -0.464 e. The van der Waals surface area contributed by atoms with Crippen LogP contribution in [0.3, 0.4) is 0 Å². The molecule has 3 aromatic rings. The minimum absolute atomic E-state index is 0.249. The first-order valence-electron chi connectivity index (χ1n) is 10.9. The molecule has 0 unspecified atom stereocenters. The molecule has 31 heavy (non-hydrogen) atoms. The lowest BCUT2D eigenvalue weighted by molar-refractivity contribution is 0.0284. The Morgan fingerprint density at radius 3 is 2.61 bits per heavy atom. The molecule has 1 fully saturated rings. The molecule has 0 bridgehead atoms. The van der Waals surface area contributed by atoms with Gasteiger partial charge in [-0.05, 0) is 51.8 Å². The van der Waals surface area contributed by atoms with E-state index in [9.17, 15) is 4.79 Å². The summed E-state index contributed by atoms with van der Waals surface area (Å²) >= 11 is 0. The van der Waals surface area contributed by atoms with Gasteiger partial charge in [-0.1, -0.05) is 42.0 Å². The van der Waals surface area contributed by atoms with E-state index in [2.05, 4.69) is 41.8 Å². The lowest BCUT2D eigenvalue weighted by atomic mass is 10.1. The van der Waals surface area contributed by atoms with Crippen LogP contribution in [0.2, 0.25) is 0 Å². The van der Waals surface area contributed by atoms with Crippen LogP contribution in [0, 0.1) is 12.8 Å². The summed E-state index contributed by atoms with van der Waals surface area (Å²) < 4.78 is 13.8. The second kappa shape index (κ2) is 8.61. The Hall–Kier alpha value is -3.02. The van der Waals surface area contributed by atoms with Crippen LogP contribution in [-0.2, 0) is 11.3 Å². The molecule has 2 aromatic carbocycles. The molecule has 1 aliphatic heterocycles. The molecule has 6 heteroatoms. The molecule has 0 N–H and O–H groups in total. The highest BCUT2D eigenvalue weighted by molar-refractivity contribution is 5.76. The Labute approximate surface area is 183 Å². The van der Waals surface area contributed by atoms with Gasteiger partial charge in [0.1, 0.15) is 5.60 Å². The first-order chi connectivity index (χ1) is 14.8. The van der Waals surface area contributed by atoms with Crippen LogP contribution in [0.25, 0.3) is 11.0 Å². The summed E-state index contributed by atoms with van der Waals surface area (Å²) in [6.07, 6.45) is 0.652. The fourth-order valence-corrected chi connectivity index (χ4v) is 3.85. The van der Waals surface area contributed by atoms with E-state index < -0.39 is 5.60 Å². The summed E-state index contributed by atoms with van der Waals surface area (Å²) in [5.74, 6) is 0.264. The van der Waals surface area contributed by atoms with Crippen LogP contribution < -0.4 is 4.74 Å². The van der Waals surface area contributed by atoms with Crippen LogP contribution in [0.1, 0.15) is 38.3 Å². The molecule has 6 nitrogen and oxygen atoms in total. The Morgan fingerprint density at radius 1 is 1.13 bits per heavy atom. The second-order valence-electron chi connectivity index (χ2n) is 9.35. The molecule has 0 spiro atoms. The molecule has 1 saturated heterocycles. The van der Waals surface area contributed by atoms with Gasteiger partial charge in [-0.25, -0.2) is 4.79 Å². The molecule has 0 aliphatic carbocycles. The summed E-state index contributed by atoms with van der Waals surface area (Å²) in [5.41, 5.74) is 3.94. The van der Waals surface area contributed by atoms with Crippen molar-refractivity contribution in [1.29, 1.82) is 0 Å². The Kier molecular flexibility index (Phi) is 5.90. The van der Waals surface area contributed by atoms with Gasteiger partial charge in [0.05, 0.1) is 24.2 Å². The molecule has 1 atom stereocenters. The number of amides is 1. The van der Waals surface area contributed by atoms with E-state index in [-0.39, 0.29) is 12.0 Å². The molecule has 4 rings (SSSR count). The lowest BCUT2D eigenvalue weighted by Gasteiger charge is -2.24. The fraction of sp³-hybridized carbons (Fsp3) is 0.440. The molecule has 164 valence electrons. The van der Waals surface area contributed by atoms with Crippen molar-refractivity contribution >= 4 is 17.1 Å². The molecular formula is C25H31N3O3. The molecule has 0 saturated carbocycles. The van der Waals surface area contributed by atoms with E-state index >= 15 is 0 Å². The smallest absolute Gasteiger partial charge is 0.410 e. The van der Waals surface area contributed by atoms with Crippen LogP contribution in [0.5, 0.6) is 6.01 Å². The molecule has 0 radical (unpaired) electrons. The van der Waals surface area contributed by atoms with Crippen molar-refractivity contribution in [1.82, 2.24) is 14.5 Å². The van der Waals surface area contributed by atoms with Crippen molar-refractivity contribution in [2.24, 2.45) is 5.92 Å². The number of benzene rings is 2. The van der Waals surface area contributed by atoms with Crippen molar-refractivity contribution in [2.45, 2.75) is 46.3 Å². The topological polar surface area (TPSA) is 56.6 Å². The Bertz CT molecular complexity index is 1050. The quantitative estimate of drug-likeness (QED) is 0.580. The third-order valence-corrected chi connectivity index (χ3v) is 5.47. The van der Waals surface area contributed by atoms with Gasteiger partial charge in [-0.3, -0.25) is 4.57 Å². The van der Waals surface area contributed by atoms with E-state index in [0.717, 1.165) is 17.5 Å². The van der Waals surface area contributed by atoms with Crippen LogP contribution in [0.4, 0.5) is 4.79 Å². The van der Waals surface area contributed by atoms with Crippen LogP contribution in [0.15, 0.2) is 48.5 Å². The molecule has 1 aliphatic rings. The van der Waals surface area contributed by atoms with Crippen molar-refractivity contribution in [3.63, 3.8) is 0 Å². The molecule has 1 amide bonds. The average molecular weight is 422 g/mol. The van der Waals surface area contributed by atoms with Gasteiger partial charge >= 0.3 is 6.09 Å². The Balaban J connectivity index is 1.45. The number of likely N-dealkylation sites (tertiary alicyclic amines) is 1. The zero-order chi connectivity index (χ0) is 22.0. The maximum atomic E-state index is 12.3. The van der Waals surface area contributed by atoms with Gasteiger partial charge in [-0.2, -0.15) is 4.98 Å². The maximum absolute atomic E-state index is 12.3. The summed E-state index contributed by atoms with van der Waals surface area (Å²) in [7, 11) is 0. The van der Waals surface area contributed by atoms with E-state index in [1.165, 1.54) is 11.1 Å². The number of hydrogen-bond donors (Lipinski definition) is 0. The summed E-state index contributed by atoms with van der Waals surface area (Å²) in [5, 5.41) is 0. The highest BCUT2D eigenvalue weighted by atomic mass is 16.6. The number of aryl methyl sites for hydroxylation is 1. The van der Waals surface area contributed by atoms with Crippen molar-refractivity contribution in [3.05, 3.63) is 59.7 Å². The molecular weight excluding hydrogens is 390 g/mol. The predicted octanol–water partition coefficient (Wildman–Crippen LogP) is 5.03. The third kappa shape index (κ3) is 5.19. The van der Waals surface area contributed by atoms with Gasteiger partial charge in [0.25, 0.3) is 6.01 Å². The monoisotopic (exact) mass is 421 g/mol. The zero-order valence-electron chi connectivity index (χ0n) is 18.8. The first kappa shape index (κ1) is 21.2. The second-order valence-corrected chi connectivity index (χ2v) is 9.35. The predicted molar refractivity (Wildman–Crippen MR) is 121 cm³/mol. The number of para-hydroxylation sites is 2. The highest BCUT2D eigenvalue weighted by Gasteiger charge is 2.30. The normalized spacial score (nSPS) is 16.6. The van der Waals surface area contributed by atoms with Gasteiger partial charge in [0.15, 0.2) is 0 Å². The van der Waals surface area contributed by atoms with Crippen LogP contribution in [-0.4, -0.2) is 45.8 Å². The summed E-state index contributed by atoms with van der Waals surface area (Å²) in [6.45, 7) is 10.3. The number of ether oxygens (including phenoxy) is 2. The van der Waals surface area contributed by atoms with E-state index in [4.69, 9.17) is 14.5 Å².